The van der Waals surface area contributed by atoms with E-state index in [9.17, 15) is 15.3 Å². The minimum Gasteiger partial charge on any atom is -0.393 e. The fraction of sp³-hybridized carbons (Fsp3) is 0.417. The second-order valence-electron chi connectivity index (χ2n) is 5.36. The number of nitrogens with two attached hydrogens (primary N) is 2. The normalized spacial score (nSPS) is 32.1. The predicted octanol–water partition coefficient (Wildman–Crippen LogP) is -1.64. The Labute approximate surface area is 119 Å². The van der Waals surface area contributed by atoms with Crippen LogP contribution in [-0.4, -0.2) is 53.2 Å². The molecule has 0 aliphatic heterocycles. The fourth-order valence-electron chi connectivity index (χ4n) is 2.67. The van der Waals surface area contributed by atoms with Gasteiger partial charge in [0, 0.05) is 0 Å². The molecule has 0 saturated heterocycles. The van der Waals surface area contributed by atoms with Crippen molar-refractivity contribution in [1.29, 1.82) is 0 Å². The number of rotatable bonds is 2. The van der Waals surface area contributed by atoms with Crippen LogP contribution in [-0.2, 0) is 5.54 Å². The first kappa shape index (κ1) is 13.7. The minimum absolute atomic E-state index is 0.0435. The summed E-state index contributed by atoms with van der Waals surface area (Å²) in [4.78, 5) is 12.0. The van der Waals surface area contributed by atoms with Gasteiger partial charge in [0.1, 0.15) is 22.8 Å². The van der Waals surface area contributed by atoms with E-state index in [0.29, 0.717) is 5.52 Å². The Kier molecular flexibility index (Phi) is 2.70. The number of fused-ring (bicyclic) bond motifs is 1. The number of aliphatic hydroxyl groups excluding tert-OH is 2. The average molecular weight is 292 g/mol. The Balaban J connectivity index is 2.27. The molecule has 0 fully saturated rings. The van der Waals surface area contributed by atoms with Crippen LogP contribution in [0.1, 0.15) is 6.92 Å². The van der Waals surface area contributed by atoms with Crippen LogP contribution >= 0.6 is 0 Å². The summed E-state index contributed by atoms with van der Waals surface area (Å²) in [6.07, 6.45) is 3.03. The van der Waals surface area contributed by atoms with E-state index in [4.69, 9.17) is 11.5 Å². The number of aliphatic hydroxyl groups is 3. The third kappa shape index (κ3) is 1.71. The molecule has 7 N–H and O–H groups in total. The third-order valence-corrected chi connectivity index (χ3v) is 3.88. The maximum Gasteiger partial charge on any atom is 0.224 e. The van der Waals surface area contributed by atoms with Crippen LogP contribution in [0, 0.1) is 0 Å². The summed E-state index contributed by atoms with van der Waals surface area (Å²) in [6.45, 7) is 0.985. The van der Waals surface area contributed by atoms with E-state index in [2.05, 4.69) is 15.0 Å². The molecule has 0 aromatic carbocycles. The lowest BCUT2D eigenvalue weighted by Gasteiger charge is -2.35. The second-order valence-corrected chi connectivity index (χ2v) is 5.36. The highest BCUT2D eigenvalue weighted by Gasteiger charge is 2.51. The summed E-state index contributed by atoms with van der Waals surface area (Å²) in [5, 5.41) is 30.4. The van der Waals surface area contributed by atoms with Gasteiger partial charge in [-0.1, -0.05) is 12.2 Å². The standard InChI is InChI=1S/C12H16N6O3/c1-11(21)2-3-12(4-19,9(11)20)18-5-15-6-7(13)16-10(14)17-8(6)18/h2-3,5,9,19-21H,4H2,1H3,(H4,13,14,16,17)/t9-,11-,12+/m0/s1. The van der Waals surface area contributed by atoms with Crippen LogP contribution in [0.4, 0.5) is 11.8 Å². The molecular formula is C12H16N6O3. The zero-order chi connectivity index (χ0) is 15.4. The molecule has 9 nitrogen and oxygen atoms in total. The molecular weight excluding hydrogens is 276 g/mol. The van der Waals surface area contributed by atoms with Crippen molar-refractivity contribution >= 4 is 22.9 Å². The Hall–Kier alpha value is -2.23. The average Bonchev–Trinajstić information content (AvgIpc) is 2.93. The fourth-order valence-corrected chi connectivity index (χ4v) is 2.67. The van der Waals surface area contributed by atoms with Crippen LogP contribution in [0.15, 0.2) is 18.5 Å². The molecule has 0 bridgehead atoms. The third-order valence-electron chi connectivity index (χ3n) is 3.88. The smallest absolute Gasteiger partial charge is 0.224 e. The minimum atomic E-state index is -1.48. The van der Waals surface area contributed by atoms with Gasteiger partial charge in [-0.15, -0.1) is 0 Å². The Morgan fingerprint density at radius 1 is 1.33 bits per heavy atom. The van der Waals surface area contributed by atoms with E-state index in [1.165, 1.54) is 30.0 Å². The van der Waals surface area contributed by atoms with Gasteiger partial charge in [0.15, 0.2) is 11.5 Å². The highest BCUT2D eigenvalue weighted by atomic mass is 16.3. The van der Waals surface area contributed by atoms with E-state index in [-0.39, 0.29) is 17.4 Å². The molecule has 0 radical (unpaired) electrons. The molecule has 3 atom stereocenters. The molecule has 3 rings (SSSR count). The van der Waals surface area contributed by atoms with Crippen LogP contribution in [0.3, 0.4) is 0 Å². The van der Waals surface area contributed by atoms with Gasteiger partial charge < -0.3 is 31.4 Å². The van der Waals surface area contributed by atoms with Crippen LogP contribution in [0.5, 0.6) is 0 Å². The van der Waals surface area contributed by atoms with Gasteiger partial charge in [0.05, 0.1) is 12.9 Å². The number of imidazole rings is 1. The quantitative estimate of drug-likeness (QED) is 0.412. The van der Waals surface area contributed by atoms with Crippen molar-refractivity contribution in [3.63, 3.8) is 0 Å². The summed E-state index contributed by atoms with van der Waals surface area (Å²) >= 11 is 0. The number of hydrogen-bond donors (Lipinski definition) is 5. The molecule has 1 aliphatic rings. The number of nitrogen functional groups attached to an aromatic ring is 2. The Bertz CT molecular complexity index is 740. The van der Waals surface area contributed by atoms with Crippen molar-refractivity contribution in [1.82, 2.24) is 19.5 Å². The van der Waals surface area contributed by atoms with Crippen LogP contribution in [0.2, 0.25) is 0 Å². The van der Waals surface area contributed by atoms with Gasteiger partial charge in [-0.05, 0) is 6.92 Å². The zero-order valence-electron chi connectivity index (χ0n) is 11.3. The summed E-state index contributed by atoms with van der Waals surface area (Å²) in [6, 6.07) is 0. The lowest BCUT2D eigenvalue weighted by Crippen LogP contribution is -2.52. The van der Waals surface area contributed by atoms with Crippen molar-refractivity contribution in [3.05, 3.63) is 18.5 Å². The molecule has 0 spiro atoms. The second kappa shape index (κ2) is 4.13. The maximum atomic E-state index is 10.4. The largest absolute Gasteiger partial charge is 0.393 e. The Morgan fingerprint density at radius 2 is 2.05 bits per heavy atom. The molecule has 1 aliphatic carbocycles. The van der Waals surface area contributed by atoms with Crippen molar-refractivity contribution in [2.45, 2.75) is 24.2 Å². The molecule has 9 heteroatoms. The SMILES string of the molecule is C[C@]1(O)C=C[C@](CO)(n2cnc3c(N)nc(N)nc32)[C@H]1O. The van der Waals surface area contributed by atoms with E-state index in [0.717, 1.165) is 0 Å². The zero-order valence-corrected chi connectivity index (χ0v) is 11.3. The molecule has 21 heavy (non-hydrogen) atoms. The van der Waals surface area contributed by atoms with Crippen molar-refractivity contribution in [2.24, 2.45) is 0 Å². The lowest BCUT2D eigenvalue weighted by atomic mass is 9.90. The number of aromatic nitrogens is 4. The monoisotopic (exact) mass is 292 g/mol. The van der Waals surface area contributed by atoms with Gasteiger partial charge >= 0.3 is 0 Å². The van der Waals surface area contributed by atoms with Crippen molar-refractivity contribution < 1.29 is 15.3 Å². The number of nitrogens with zero attached hydrogens (tertiary/aromatic N) is 4. The molecule has 0 amide bonds. The molecule has 0 saturated carbocycles. The highest BCUT2D eigenvalue weighted by Crippen LogP contribution is 2.38. The predicted molar refractivity (Wildman–Crippen MR) is 75.0 cm³/mol. The van der Waals surface area contributed by atoms with Crippen molar-refractivity contribution in [2.75, 3.05) is 18.1 Å². The number of anilines is 2. The van der Waals surface area contributed by atoms with E-state index in [1.807, 2.05) is 0 Å². The molecule has 2 aromatic heterocycles. The van der Waals surface area contributed by atoms with Crippen LogP contribution in [0.25, 0.3) is 11.2 Å². The van der Waals surface area contributed by atoms with Gasteiger partial charge in [-0.25, -0.2) is 4.98 Å². The molecule has 0 unspecified atom stereocenters. The first-order chi connectivity index (χ1) is 9.82. The first-order valence-electron chi connectivity index (χ1n) is 6.30. The molecule has 2 heterocycles. The summed E-state index contributed by atoms with van der Waals surface area (Å²) < 4.78 is 1.44. The van der Waals surface area contributed by atoms with Crippen molar-refractivity contribution in [3.8, 4) is 0 Å². The summed E-state index contributed by atoms with van der Waals surface area (Å²) in [5.41, 5.74) is 9.13. The number of hydrogen-bond acceptors (Lipinski definition) is 8. The molecule has 2 aromatic rings. The summed E-state index contributed by atoms with van der Waals surface area (Å²) in [7, 11) is 0. The van der Waals surface area contributed by atoms with Gasteiger partial charge in [0.2, 0.25) is 5.95 Å². The molecule has 112 valence electrons. The summed E-state index contributed by atoms with van der Waals surface area (Å²) in [5.74, 6) is 0.0608. The van der Waals surface area contributed by atoms with Gasteiger partial charge in [-0.2, -0.15) is 9.97 Å². The van der Waals surface area contributed by atoms with E-state index >= 15 is 0 Å². The highest BCUT2D eigenvalue weighted by molar-refractivity contribution is 5.83. The van der Waals surface area contributed by atoms with Gasteiger partial charge in [0.25, 0.3) is 0 Å². The van der Waals surface area contributed by atoms with E-state index < -0.39 is 23.9 Å². The lowest BCUT2D eigenvalue weighted by molar-refractivity contribution is -0.0749. The first-order valence-corrected chi connectivity index (χ1v) is 6.30. The van der Waals surface area contributed by atoms with E-state index in [1.54, 1.807) is 0 Å². The van der Waals surface area contributed by atoms with Crippen LogP contribution < -0.4 is 11.5 Å². The Morgan fingerprint density at radius 3 is 2.62 bits per heavy atom. The van der Waals surface area contributed by atoms with Gasteiger partial charge in [-0.3, -0.25) is 0 Å². The maximum absolute atomic E-state index is 10.4. The topological polar surface area (TPSA) is 156 Å².